The lowest BCUT2D eigenvalue weighted by atomic mass is 9.87. The van der Waals surface area contributed by atoms with Crippen LogP contribution in [0.3, 0.4) is 0 Å². The maximum atomic E-state index is 13.9. The number of piperidine rings is 1. The molecule has 0 radical (unpaired) electrons. The van der Waals surface area contributed by atoms with Crippen molar-refractivity contribution in [2.45, 2.75) is 18.4 Å². The van der Waals surface area contributed by atoms with E-state index >= 15 is 0 Å². The molecule has 0 aliphatic carbocycles. The zero-order valence-electron chi connectivity index (χ0n) is 14.5. The Labute approximate surface area is 162 Å². The van der Waals surface area contributed by atoms with Crippen molar-refractivity contribution in [2.75, 3.05) is 18.4 Å². The molecule has 4 rings (SSSR count). The second-order valence-corrected chi connectivity index (χ2v) is 6.31. The summed E-state index contributed by atoms with van der Waals surface area (Å²) in [4.78, 5) is 13.1. The molecule has 142 valence electrons. The van der Waals surface area contributed by atoms with Crippen LogP contribution in [-0.2, 0) is 10.3 Å². The molecule has 1 aliphatic rings. The number of carbonyl (C=O) groups excluding carboxylic acids is 1. The quantitative estimate of drug-likeness (QED) is 0.717. The molecule has 2 aromatic heterocycles. The van der Waals surface area contributed by atoms with Gasteiger partial charge in [0, 0.05) is 12.4 Å². The van der Waals surface area contributed by atoms with E-state index in [1.807, 2.05) is 12.3 Å². The Morgan fingerprint density at radius 1 is 1.19 bits per heavy atom. The monoisotopic (exact) mass is 390 g/mol. The number of rotatable bonds is 4. The average Bonchev–Trinajstić information content (AvgIpc) is 3.35. The third-order valence-corrected chi connectivity index (χ3v) is 4.74. The molecular formula is C18H20ClFN6O. The fraction of sp³-hybridized carbons (Fsp3) is 0.278. The zero-order chi connectivity index (χ0) is 18.0. The van der Waals surface area contributed by atoms with Crippen molar-refractivity contribution in [1.82, 2.24) is 24.9 Å². The maximum absolute atomic E-state index is 13.9. The molecule has 1 aliphatic heterocycles. The maximum Gasteiger partial charge on any atom is 0.252 e. The largest absolute Gasteiger partial charge is 0.321 e. The van der Waals surface area contributed by atoms with Crippen LogP contribution in [0.2, 0.25) is 0 Å². The van der Waals surface area contributed by atoms with Gasteiger partial charge in [-0.3, -0.25) is 9.48 Å². The fourth-order valence-electron chi connectivity index (χ4n) is 3.33. The van der Waals surface area contributed by atoms with Crippen LogP contribution in [0.4, 0.5) is 10.1 Å². The van der Waals surface area contributed by atoms with E-state index in [4.69, 9.17) is 0 Å². The molecule has 2 N–H and O–H groups in total. The van der Waals surface area contributed by atoms with Crippen LogP contribution in [0.5, 0.6) is 0 Å². The van der Waals surface area contributed by atoms with Gasteiger partial charge in [0.25, 0.3) is 5.91 Å². The van der Waals surface area contributed by atoms with E-state index in [1.54, 1.807) is 35.3 Å². The van der Waals surface area contributed by atoms with E-state index in [0.717, 1.165) is 13.1 Å². The Balaban J connectivity index is 0.00000210. The van der Waals surface area contributed by atoms with Crippen molar-refractivity contribution in [2.24, 2.45) is 0 Å². The van der Waals surface area contributed by atoms with Crippen LogP contribution in [-0.4, -0.2) is 38.6 Å². The number of benzene rings is 1. The van der Waals surface area contributed by atoms with Crippen molar-refractivity contribution in [1.29, 1.82) is 0 Å². The summed E-state index contributed by atoms with van der Waals surface area (Å²) in [6.45, 7) is 1.48. The molecule has 1 saturated heterocycles. The second-order valence-electron chi connectivity index (χ2n) is 6.31. The van der Waals surface area contributed by atoms with Gasteiger partial charge in [0.05, 0.1) is 18.1 Å². The number of amides is 1. The first-order chi connectivity index (χ1) is 12.7. The molecule has 0 atom stereocenters. The summed E-state index contributed by atoms with van der Waals surface area (Å²) in [6, 6.07) is 8.17. The van der Waals surface area contributed by atoms with E-state index in [9.17, 15) is 9.18 Å². The number of hydrogen-bond donors (Lipinski definition) is 2. The summed E-state index contributed by atoms with van der Waals surface area (Å²) in [6.07, 6.45) is 7.89. The van der Waals surface area contributed by atoms with E-state index in [1.165, 1.54) is 16.9 Å². The molecular weight excluding hydrogens is 371 g/mol. The van der Waals surface area contributed by atoms with Gasteiger partial charge in [0.2, 0.25) is 0 Å². The van der Waals surface area contributed by atoms with Crippen LogP contribution in [0.15, 0.2) is 55.1 Å². The highest BCUT2D eigenvalue weighted by Crippen LogP contribution is 2.28. The van der Waals surface area contributed by atoms with Gasteiger partial charge < -0.3 is 10.6 Å². The molecule has 3 heterocycles. The summed E-state index contributed by atoms with van der Waals surface area (Å²) in [7, 11) is 0. The summed E-state index contributed by atoms with van der Waals surface area (Å²) in [5.74, 6) is -0.518. The standard InChI is InChI=1S/C18H19FN6O.ClH/c19-15-4-1-2-5-16(15)24-13-14(12-22-24)23-17(26)18(6-9-20-10-7-18)25-11-3-8-21-25;/h1-5,8,11-13,20H,6-7,9-10H2,(H,23,26);1H. The van der Waals surface area contributed by atoms with Crippen LogP contribution in [0.25, 0.3) is 5.69 Å². The first kappa shape index (κ1) is 19.1. The number of para-hydroxylation sites is 1. The Kier molecular flexibility index (Phi) is 5.57. The minimum absolute atomic E-state index is 0. The van der Waals surface area contributed by atoms with Crippen molar-refractivity contribution in [3.8, 4) is 5.69 Å². The Morgan fingerprint density at radius 3 is 2.67 bits per heavy atom. The molecule has 7 nitrogen and oxygen atoms in total. The summed E-state index contributed by atoms with van der Waals surface area (Å²) in [5.41, 5.74) is 0.106. The molecule has 0 bridgehead atoms. The van der Waals surface area contributed by atoms with Crippen molar-refractivity contribution in [3.05, 3.63) is 60.9 Å². The Morgan fingerprint density at radius 2 is 1.96 bits per heavy atom. The first-order valence-electron chi connectivity index (χ1n) is 8.51. The summed E-state index contributed by atoms with van der Waals surface area (Å²) >= 11 is 0. The van der Waals surface area contributed by atoms with Gasteiger partial charge in [-0.1, -0.05) is 12.1 Å². The van der Waals surface area contributed by atoms with Gasteiger partial charge in [-0.05, 0) is 44.1 Å². The third-order valence-electron chi connectivity index (χ3n) is 4.74. The van der Waals surface area contributed by atoms with Gasteiger partial charge in [0.1, 0.15) is 17.0 Å². The number of nitrogens with zero attached hydrogens (tertiary/aromatic N) is 4. The fourth-order valence-corrected chi connectivity index (χ4v) is 3.33. The molecule has 27 heavy (non-hydrogen) atoms. The highest BCUT2D eigenvalue weighted by molar-refractivity contribution is 5.96. The summed E-state index contributed by atoms with van der Waals surface area (Å²) < 4.78 is 17.1. The molecule has 3 aromatic rings. The van der Waals surface area contributed by atoms with Crippen LogP contribution >= 0.6 is 12.4 Å². The lowest BCUT2D eigenvalue weighted by Gasteiger charge is -2.36. The predicted molar refractivity (Wildman–Crippen MR) is 102 cm³/mol. The number of halogens is 2. The topological polar surface area (TPSA) is 76.8 Å². The Bertz CT molecular complexity index is 904. The zero-order valence-corrected chi connectivity index (χ0v) is 15.3. The van der Waals surface area contributed by atoms with Gasteiger partial charge in [-0.25, -0.2) is 9.07 Å². The number of anilines is 1. The summed E-state index contributed by atoms with van der Waals surface area (Å²) in [5, 5.41) is 14.6. The van der Waals surface area contributed by atoms with E-state index in [0.29, 0.717) is 24.2 Å². The van der Waals surface area contributed by atoms with Crippen molar-refractivity contribution in [3.63, 3.8) is 0 Å². The van der Waals surface area contributed by atoms with E-state index < -0.39 is 5.54 Å². The average molecular weight is 391 g/mol. The van der Waals surface area contributed by atoms with E-state index in [2.05, 4.69) is 20.8 Å². The molecule has 1 aromatic carbocycles. The number of aromatic nitrogens is 4. The van der Waals surface area contributed by atoms with Crippen LogP contribution in [0, 0.1) is 5.82 Å². The lowest BCUT2D eigenvalue weighted by molar-refractivity contribution is -0.126. The van der Waals surface area contributed by atoms with Gasteiger partial charge >= 0.3 is 0 Å². The molecule has 0 unspecified atom stereocenters. The number of hydrogen-bond acceptors (Lipinski definition) is 4. The van der Waals surface area contributed by atoms with Gasteiger partial charge in [-0.2, -0.15) is 10.2 Å². The molecule has 1 fully saturated rings. The molecule has 9 heteroatoms. The number of carbonyl (C=O) groups is 1. The van der Waals surface area contributed by atoms with Crippen molar-refractivity contribution >= 4 is 24.0 Å². The highest BCUT2D eigenvalue weighted by Gasteiger charge is 2.42. The smallest absolute Gasteiger partial charge is 0.252 e. The Hall–Kier alpha value is -2.71. The third kappa shape index (κ3) is 3.58. The molecule has 0 spiro atoms. The van der Waals surface area contributed by atoms with Gasteiger partial charge in [-0.15, -0.1) is 12.4 Å². The van der Waals surface area contributed by atoms with Crippen LogP contribution in [0.1, 0.15) is 12.8 Å². The predicted octanol–water partition coefficient (Wildman–Crippen LogP) is 2.35. The normalized spacial score (nSPS) is 15.7. The minimum atomic E-state index is -0.741. The van der Waals surface area contributed by atoms with Gasteiger partial charge in [0.15, 0.2) is 0 Å². The molecule has 1 amide bonds. The van der Waals surface area contributed by atoms with Crippen molar-refractivity contribution < 1.29 is 9.18 Å². The second kappa shape index (κ2) is 7.89. The lowest BCUT2D eigenvalue weighted by Crippen LogP contribution is -2.52. The SMILES string of the molecule is Cl.O=C(Nc1cnn(-c2ccccc2F)c1)C1(n2cccn2)CCNCC1. The number of nitrogens with one attached hydrogen (secondary N) is 2. The van der Waals surface area contributed by atoms with Crippen LogP contribution < -0.4 is 10.6 Å². The highest BCUT2D eigenvalue weighted by atomic mass is 35.5. The first-order valence-corrected chi connectivity index (χ1v) is 8.51. The minimum Gasteiger partial charge on any atom is -0.321 e. The van der Waals surface area contributed by atoms with E-state index in [-0.39, 0.29) is 24.1 Å². The molecule has 0 saturated carbocycles.